The first-order chi connectivity index (χ1) is 6.06. The fraction of sp³-hybridized carbons (Fsp3) is 0.667. The minimum atomic E-state index is -0.854. The highest BCUT2D eigenvalue weighted by Gasteiger charge is 2.08. The number of hydrogen-bond donors (Lipinski definition) is 2. The molecule has 1 unspecified atom stereocenters. The lowest BCUT2D eigenvalue weighted by atomic mass is 10.2. The fourth-order valence-electron chi connectivity index (χ4n) is 0.978. The van der Waals surface area contributed by atoms with Gasteiger partial charge in [-0.3, -0.25) is 9.69 Å². The Morgan fingerprint density at radius 2 is 2.31 bits per heavy atom. The lowest BCUT2D eigenvalue weighted by molar-refractivity contribution is -0.138. The van der Waals surface area contributed by atoms with Gasteiger partial charge in [-0.25, -0.2) is 0 Å². The molecule has 0 rings (SSSR count). The molecule has 0 fully saturated rings. The zero-order valence-electron chi connectivity index (χ0n) is 7.94. The average molecular weight is 187 g/mol. The molecule has 76 valence electrons. The number of carbonyl (C=O) groups is 1. The van der Waals surface area contributed by atoms with Crippen LogP contribution in [0, 0.1) is 0 Å². The monoisotopic (exact) mass is 187 g/mol. The first kappa shape index (κ1) is 12.1. The van der Waals surface area contributed by atoms with E-state index >= 15 is 0 Å². The summed E-state index contributed by atoms with van der Waals surface area (Å²) in [5.74, 6) is -0.854. The summed E-state index contributed by atoms with van der Waals surface area (Å²) in [4.78, 5) is 12.1. The molecule has 0 aliphatic carbocycles. The van der Waals surface area contributed by atoms with E-state index in [0.717, 1.165) is 0 Å². The van der Waals surface area contributed by atoms with Crippen LogP contribution in [0.4, 0.5) is 0 Å². The highest BCUT2D eigenvalue weighted by atomic mass is 16.4. The maximum absolute atomic E-state index is 10.4. The Balaban J connectivity index is 3.79. The van der Waals surface area contributed by atoms with Crippen LogP contribution in [0.15, 0.2) is 12.7 Å². The van der Waals surface area contributed by atoms with Crippen LogP contribution in [-0.2, 0) is 4.79 Å². The molecule has 13 heavy (non-hydrogen) atoms. The smallest absolute Gasteiger partial charge is 0.317 e. The molecular weight excluding hydrogens is 170 g/mol. The maximum Gasteiger partial charge on any atom is 0.317 e. The zero-order valence-corrected chi connectivity index (χ0v) is 7.94. The largest absolute Gasteiger partial charge is 0.480 e. The maximum atomic E-state index is 10.4. The SMILES string of the molecule is C=CCN(CCC(C)O)CC(=O)O. The van der Waals surface area contributed by atoms with Crippen LogP contribution >= 0.6 is 0 Å². The lowest BCUT2D eigenvalue weighted by Crippen LogP contribution is -2.32. The quantitative estimate of drug-likeness (QED) is 0.564. The molecule has 0 aromatic carbocycles. The molecule has 0 aromatic rings. The summed E-state index contributed by atoms with van der Waals surface area (Å²) in [6.07, 6.45) is 1.85. The standard InChI is InChI=1S/C9H17NO3/c1-3-5-10(7-9(12)13)6-4-8(2)11/h3,8,11H,1,4-7H2,2H3,(H,12,13). The Bertz CT molecular complexity index is 168. The van der Waals surface area contributed by atoms with E-state index in [2.05, 4.69) is 6.58 Å². The van der Waals surface area contributed by atoms with E-state index in [1.165, 1.54) is 0 Å². The van der Waals surface area contributed by atoms with E-state index < -0.39 is 5.97 Å². The van der Waals surface area contributed by atoms with Gasteiger partial charge in [0.25, 0.3) is 0 Å². The Morgan fingerprint density at radius 3 is 2.69 bits per heavy atom. The third-order valence-corrected chi connectivity index (χ3v) is 1.61. The van der Waals surface area contributed by atoms with Crippen LogP contribution in [-0.4, -0.2) is 46.8 Å². The summed E-state index contributed by atoms with van der Waals surface area (Å²) in [6, 6.07) is 0. The normalized spacial score (nSPS) is 12.8. The van der Waals surface area contributed by atoms with E-state index in [-0.39, 0.29) is 12.6 Å². The van der Waals surface area contributed by atoms with Crippen LogP contribution in [0.1, 0.15) is 13.3 Å². The molecule has 0 bridgehead atoms. The van der Waals surface area contributed by atoms with Gasteiger partial charge in [0.2, 0.25) is 0 Å². The number of aliphatic hydroxyl groups is 1. The number of aliphatic carboxylic acids is 1. The van der Waals surface area contributed by atoms with Gasteiger partial charge in [0, 0.05) is 13.1 Å². The second-order valence-corrected chi connectivity index (χ2v) is 3.06. The molecule has 0 aliphatic rings. The fourth-order valence-corrected chi connectivity index (χ4v) is 0.978. The third kappa shape index (κ3) is 7.49. The Hall–Kier alpha value is -0.870. The van der Waals surface area contributed by atoms with Crippen LogP contribution in [0.25, 0.3) is 0 Å². The molecular formula is C9H17NO3. The molecule has 0 saturated heterocycles. The van der Waals surface area contributed by atoms with E-state index in [1.807, 2.05) is 0 Å². The van der Waals surface area contributed by atoms with Gasteiger partial charge in [0.15, 0.2) is 0 Å². The Morgan fingerprint density at radius 1 is 1.69 bits per heavy atom. The van der Waals surface area contributed by atoms with Crippen molar-refractivity contribution < 1.29 is 15.0 Å². The van der Waals surface area contributed by atoms with Crippen molar-refractivity contribution in [3.8, 4) is 0 Å². The molecule has 0 amide bonds. The van der Waals surface area contributed by atoms with E-state index in [1.54, 1.807) is 17.9 Å². The molecule has 0 heterocycles. The molecule has 0 aromatic heterocycles. The summed E-state index contributed by atoms with van der Waals surface area (Å²) in [5, 5.41) is 17.5. The minimum Gasteiger partial charge on any atom is -0.480 e. The van der Waals surface area contributed by atoms with Crippen molar-refractivity contribution in [1.29, 1.82) is 0 Å². The molecule has 0 aliphatic heterocycles. The second kappa shape index (κ2) is 6.62. The van der Waals surface area contributed by atoms with Crippen molar-refractivity contribution in [2.24, 2.45) is 0 Å². The van der Waals surface area contributed by atoms with Gasteiger partial charge in [-0.15, -0.1) is 6.58 Å². The second-order valence-electron chi connectivity index (χ2n) is 3.06. The topological polar surface area (TPSA) is 60.8 Å². The first-order valence-electron chi connectivity index (χ1n) is 4.29. The zero-order chi connectivity index (χ0) is 10.3. The highest BCUT2D eigenvalue weighted by molar-refractivity contribution is 5.69. The van der Waals surface area contributed by atoms with E-state index in [0.29, 0.717) is 19.5 Å². The van der Waals surface area contributed by atoms with Crippen molar-refractivity contribution >= 4 is 5.97 Å². The Kier molecular flexibility index (Phi) is 6.18. The van der Waals surface area contributed by atoms with Crippen LogP contribution < -0.4 is 0 Å². The summed E-state index contributed by atoms with van der Waals surface area (Å²) >= 11 is 0. The summed E-state index contributed by atoms with van der Waals surface area (Å²) in [7, 11) is 0. The van der Waals surface area contributed by atoms with Crippen molar-refractivity contribution in [2.45, 2.75) is 19.4 Å². The van der Waals surface area contributed by atoms with Gasteiger partial charge in [0.1, 0.15) is 0 Å². The number of carboxylic acids is 1. The van der Waals surface area contributed by atoms with E-state index in [4.69, 9.17) is 10.2 Å². The third-order valence-electron chi connectivity index (χ3n) is 1.61. The Labute approximate surface area is 78.5 Å². The number of aliphatic hydroxyl groups excluding tert-OH is 1. The summed E-state index contributed by atoms with van der Waals surface area (Å²) in [6.45, 7) is 6.34. The molecule has 4 nitrogen and oxygen atoms in total. The minimum absolute atomic E-state index is 0.00125. The van der Waals surface area contributed by atoms with Crippen molar-refractivity contribution in [1.82, 2.24) is 4.90 Å². The number of carboxylic acid groups (broad SMARTS) is 1. The van der Waals surface area contributed by atoms with Gasteiger partial charge in [-0.2, -0.15) is 0 Å². The molecule has 1 atom stereocenters. The predicted molar refractivity (Wildman–Crippen MR) is 50.6 cm³/mol. The average Bonchev–Trinajstić information content (AvgIpc) is 1.99. The van der Waals surface area contributed by atoms with Crippen LogP contribution in [0.3, 0.4) is 0 Å². The molecule has 2 N–H and O–H groups in total. The molecule has 0 spiro atoms. The van der Waals surface area contributed by atoms with Crippen LogP contribution in [0.2, 0.25) is 0 Å². The van der Waals surface area contributed by atoms with Gasteiger partial charge >= 0.3 is 5.97 Å². The molecule has 0 radical (unpaired) electrons. The lowest BCUT2D eigenvalue weighted by Gasteiger charge is -2.18. The van der Waals surface area contributed by atoms with Crippen molar-refractivity contribution in [3.63, 3.8) is 0 Å². The van der Waals surface area contributed by atoms with Crippen molar-refractivity contribution in [2.75, 3.05) is 19.6 Å². The molecule has 0 saturated carbocycles. The summed E-state index contributed by atoms with van der Waals surface area (Å²) < 4.78 is 0. The van der Waals surface area contributed by atoms with Crippen molar-refractivity contribution in [3.05, 3.63) is 12.7 Å². The number of nitrogens with zero attached hydrogens (tertiary/aromatic N) is 1. The summed E-state index contributed by atoms with van der Waals surface area (Å²) in [5.41, 5.74) is 0. The van der Waals surface area contributed by atoms with Gasteiger partial charge in [-0.05, 0) is 13.3 Å². The van der Waals surface area contributed by atoms with E-state index in [9.17, 15) is 4.79 Å². The highest BCUT2D eigenvalue weighted by Crippen LogP contribution is 1.95. The van der Waals surface area contributed by atoms with Gasteiger partial charge in [-0.1, -0.05) is 6.08 Å². The van der Waals surface area contributed by atoms with Crippen LogP contribution in [0.5, 0.6) is 0 Å². The molecule has 4 heteroatoms. The number of rotatable bonds is 7. The van der Waals surface area contributed by atoms with Gasteiger partial charge < -0.3 is 10.2 Å². The first-order valence-corrected chi connectivity index (χ1v) is 4.29. The van der Waals surface area contributed by atoms with Gasteiger partial charge in [0.05, 0.1) is 12.6 Å². The number of hydrogen-bond acceptors (Lipinski definition) is 3. The predicted octanol–water partition coefficient (Wildman–Crippen LogP) is 0.330.